The number of hydrogen-bond acceptors (Lipinski definition) is 5. The van der Waals surface area contributed by atoms with E-state index in [0.717, 1.165) is 12.5 Å². The van der Waals surface area contributed by atoms with Crippen LogP contribution >= 0.6 is 15.9 Å². The van der Waals surface area contributed by atoms with Crippen LogP contribution in [-0.4, -0.2) is 46.0 Å². The number of furan rings is 1. The molecule has 0 aromatic carbocycles. The first-order valence-corrected chi connectivity index (χ1v) is 8.27. The zero-order valence-electron chi connectivity index (χ0n) is 10.8. The van der Waals surface area contributed by atoms with Gasteiger partial charge in [-0.1, -0.05) is 0 Å². The van der Waals surface area contributed by atoms with Crippen LogP contribution in [0.5, 0.6) is 0 Å². The summed E-state index contributed by atoms with van der Waals surface area (Å²) in [6, 6.07) is 1.14. The van der Waals surface area contributed by atoms with Crippen LogP contribution in [0.4, 0.5) is 0 Å². The number of rotatable bonds is 4. The van der Waals surface area contributed by atoms with E-state index in [4.69, 9.17) is 14.3 Å². The lowest BCUT2D eigenvalue weighted by molar-refractivity contribution is 0.0743. The number of carbonyl (C=O) groups is 1. The molecule has 0 radical (unpaired) electrons. The number of sulfonamides is 1. The van der Waals surface area contributed by atoms with Crippen molar-refractivity contribution in [3.8, 4) is 0 Å². The summed E-state index contributed by atoms with van der Waals surface area (Å²) in [6.07, 6.45) is 0.851. The Hall–Kier alpha value is -0.900. The molecule has 20 heavy (non-hydrogen) atoms. The summed E-state index contributed by atoms with van der Waals surface area (Å²) in [5.74, 6) is -0.0989. The fraction of sp³-hybridized carbons (Fsp3) is 0.545. The molecule has 1 saturated heterocycles. The molecule has 1 aliphatic heterocycles. The topological polar surface area (TPSA) is 103 Å². The molecule has 0 spiro atoms. The first kappa shape index (κ1) is 15.5. The molecular formula is C11H15BrN2O5S. The lowest BCUT2D eigenvalue weighted by Gasteiger charge is -2.14. The van der Waals surface area contributed by atoms with Crippen molar-refractivity contribution in [1.29, 1.82) is 0 Å². The maximum absolute atomic E-state index is 12.2. The SMILES string of the molecule is COCC1CCN(C(=O)c2cc(S(N)(=O)=O)c(Br)o2)C1. The Labute approximate surface area is 125 Å². The van der Waals surface area contributed by atoms with Crippen molar-refractivity contribution in [3.63, 3.8) is 0 Å². The van der Waals surface area contributed by atoms with E-state index in [9.17, 15) is 13.2 Å². The number of amides is 1. The predicted molar refractivity (Wildman–Crippen MR) is 73.7 cm³/mol. The van der Waals surface area contributed by atoms with E-state index in [0.29, 0.717) is 25.6 Å². The second kappa shape index (κ2) is 5.84. The van der Waals surface area contributed by atoms with Gasteiger partial charge in [-0.2, -0.15) is 0 Å². The molecule has 1 fully saturated rings. The Bertz CT molecular complexity index is 612. The zero-order chi connectivity index (χ0) is 14.9. The predicted octanol–water partition coefficient (Wildman–Crippen LogP) is 0.798. The van der Waals surface area contributed by atoms with E-state index in [-0.39, 0.29) is 21.2 Å². The lowest BCUT2D eigenvalue weighted by atomic mass is 10.1. The average molecular weight is 367 g/mol. The van der Waals surface area contributed by atoms with Gasteiger partial charge in [0, 0.05) is 32.2 Å². The van der Waals surface area contributed by atoms with Crippen LogP contribution in [0, 0.1) is 5.92 Å². The van der Waals surface area contributed by atoms with Gasteiger partial charge in [0.05, 0.1) is 6.61 Å². The maximum atomic E-state index is 12.2. The molecule has 2 rings (SSSR count). The van der Waals surface area contributed by atoms with Gasteiger partial charge < -0.3 is 14.1 Å². The van der Waals surface area contributed by atoms with Crippen LogP contribution in [0.1, 0.15) is 17.0 Å². The summed E-state index contributed by atoms with van der Waals surface area (Å²) < 4.78 is 32.7. The molecule has 0 aliphatic carbocycles. The average Bonchev–Trinajstić information content (AvgIpc) is 2.94. The Morgan fingerprint density at radius 3 is 2.90 bits per heavy atom. The highest BCUT2D eigenvalue weighted by molar-refractivity contribution is 9.10. The van der Waals surface area contributed by atoms with E-state index >= 15 is 0 Å². The van der Waals surface area contributed by atoms with Crippen LogP contribution in [0.2, 0.25) is 0 Å². The quantitative estimate of drug-likeness (QED) is 0.848. The number of carbonyl (C=O) groups excluding carboxylic acids is 1. The highest BCUT2D eigenvalue weighted by Crippen LogP contribution is 2.27. The highest BCUT2D eigenvalue weighted by Gasteiger charge is 2.30. The van der Waals surface area contributed by atoms with E-state index in [1.165, 1.54) is 0 Å². The van der Waals surface area contributed by atoms with Gasteiger partial charge in [-0.15, -0.1) is 0 Å². The number of nitrogens with two attached hydrogens (primary N) is 1. The third kappa shape index (κ3) is 3.22. The summed E-state index contributed by atoms with van der Waals surface area (Å²) in [7, 11) is -2.30. The van der Waals surface area contributed by atoms with Crippen LogP contribution in [0.25, 0.3) is 0 Å². The number of hydrogen-bond donors (Lipinski definition) is 1. The van der Waals surface area contributed by atoms with Gasteiger partial charge in [0.2, 0.25) is 10.0 Å². The Balaban J connectivity index is 2.15. The number of methoxy groups -OCH3 is 1. The minimum Gasteiger partial charge on any atom is -0.443 e. The van der Waals surface area contributed by atoms with E-state index < -0.39 is 10.0 Å². The number of ether oxygens (including phenoxy) is 1. The van der Waals surface area contributed by atoms with E-state index in [2.05, 4.69) is 15.9 Å². The standard InChI is InChI=1S/C11H15BrN2O5S/c1-18-6-7-2-3-14(5-7)11(15)8-4-9(10(12)19-8)20(13,16)17/h4,7H,2-3,5-6H2,1H3,(H2,13,16,17). The first-order valence-electron chi connectivity index (χ1n) is 5.93. The first-order chi connectivity index (χ1) is 9.32. The molecule has 0 bridgehead atoms. The molecule has 1 aromatic rings. The van der Waals surface area contributed by atoms with Crippen molar-refractivity contribution >= 4 is 31.9 Å². The number of likely N-dealkylation sites (tertiary alicyclic amines) is 1. The molecule has 2 N–H and O–H groups in total. The zero-order valence-corrected chi connectivity index (χ0v) is 13.2. The molecule has 2 heterocycles. The minimum atomic E-state index is -3.92. The molecule has 1 unspecified atom stereocenters. The molecule has 112 valence electrons. The van der Waals surface area contributed by atoms with Gasteiger partial charge in [-0.05, 0) is 22.4 Å². The normalized spacial score (nSPS) is 19.6. The van der Waals surface area contributed by atoms with Gasteiger partial charge in [0.25, 0.3) is 5.91 Å². The number of halogens is 1. The largest absolute Gasteiger partial charge is 0.443 e. The molecule has 0 saturated carbocycles. The Morgan fingerprint density at radius 1 is 1.65 bits per heavy atom. The van der Waals surface area contributed by atoms with Crippen molar-refractivity contribution in [2.45, 2.75) is 11.3 Å². The molecule has 1 aliphatic rings. The van der Waals surface area contributed by atoms with Crippen LogP contribution in [0.3, 0.4) is 0 Å². The summed E-state index contributed by atoms with van der Waals surface area (Å²) in [5.41, 5.74) is 0. The number of primary sulfonamides is 1. The summed E-state index contributed by atoms with van der Waals surface area (Å²) in [4.78, 5) is 13.6. The fourth-order valence-electron chi connectivity index (χ4n) is 2.20. The van der Waals surface area contributed by atoms with E-state index in [1.807, 2.05) is 0 Å². The lowest BCUT2D eigenvalue weighted by Crippen LogP contribution is -2.29. The second-order valence-electron chi connectivity index (χ2n) is 4.65. The second-order valence-corrected chi connectivity index (χ2v) is 6.90. The van der Waals surface area contributed by atoms with Crippen molar-refractivity contribution in [2.75, 3.05) is 26.8 Å². The minimum absolute atomic E-state index is 0.0426. The number of nitrogens with zero attached hydrogens (tertiary/aromatic N) is 1. The van der Waals surface area contributed by atoms with Crippen molar-refractivity contribution < 1.29 is 22.4 Å². The molecule has 1 aromatic heterocycles. The van der Waals surface area contributed by atoms with Gasteiger partial charge in [0.15, 0.2) is 10.4 Å². The third-order valence-electron chi connectivity index (χ3n) is 3.15. The van der Waals surface area contributed by atoms with Crippen LogP contribution in [0.15, 0.2) is 20.0 Å². The van der Waals surface area contributed by atoms with Gasteiger partial charge in [0.1, 0.15) is 4.90 Å². The van der Waals surface area contributed by atoms with Crippen molar-refractivity contribution in [3.05, 3.63) is 16.5 Å². The molecular weight excluding hydrogens is 352 g/mol. The maximum Gasteiger partial charge on any atom is 0.289 e. The highest BCUT2D eigenvalue weighted by atomic mass is 79.9. The molecule has 1 atom stereocenters. The van der Waals surface area contributed by atoms with E-state index in [1.54, 1.807) is 12.0 Å². The van der Waals surface area contributed by atoms with Crippen molar-refractivity contribution in [2.24, 2.45) is 11.1 Å². The molecule has 1 amide bonds. The molecule has 7 nitrogen and oxygen atoms in total. The Kier molecular flexibility index (Phi) is 4.52. The summed E-state index contributed by atoms with van der Waals surface area (Å²) in [6.45, 7) is 1.75. The van der Waals surface area contributed by atoms with Gasteiger partial charge in [-0.25, -0.2) is 13.6 Å². The third-order valence-corrected chi connectivity index (χ3v) is 4.92. The molecule has 9 heteroatoms. The monoisotopic (exact) mass is 366 g/mol. The van der Waals surface area contributed by atoms with Crippen LogP contribution in [-0.2, 0) is 14.8 Å². The van der Waals surface area contributed by atoms with Gasteiger partial charge in [-0.3, -0.25) is 4.79 Å². The van der Waals surface area contributed by atoms with Crippen molar-refractivity contribution in [1.82, 2.24) is 4.90 Å². The van der Waals surface area contributed by atoms with Crippen LogP contribution < -0.4 is 5.14 Å². The summed E-state index contributed by atoms with van der Waals surface area (Å²) in [5, 5.41) is 5.03. The Morgan fingerprint density at radius 2 is 2.35 bits per heavy atom. The van der Waals surface area contributed by atoms with Gasteiger partial charge >= 0.3 is 0 Å². The smallest absolute Gasteiger partial charge is 0.289 e. The summed E-state index contributed by atoms with van der Waals surface area (Å²) >= 11 is 2.95. The fourth-order valence-corrected chi connectivity index (χ4v) is 3.70.